The van der Waals surface area contributed by atoms with Gasteiger partial charge in [-0.15, -0.1) is 0 Å². The maximum Gasteiger partial charge on any atom is 0.157 e. The summed E-state index contributed by atoms with van der Waals surface area (Å²) >= 11 is 0. The van der Waals surface area contributed by atoms with Crippen molar-refractivity contribution < 1.29 is 4.79 Å². The number of carbonyl (C=O) groups excluding carboxylic acids is 1. The van der Waals surface area contributed by atoms with Crippen LogP contribution in [0, 0.1) is 0 Å². The Bertz CT molecular complexity index is 3730. The molecule has 0 unspecified atom stereocenters. The van der Waals surface area contributed by atoms with Gasteiger partial charge in [0.25, 0.3) is 0 Å². The monoisotopic (exact) mass is 847 g/mol. The number of rotatable bonds is 9. The average molecular weight is 848 g/mol. The molecule has 0 radical (unpaired) electrons. The normalized spacial score (nSPS) is 13.3. The number of nitrogens with zero attached hydrogens (tertiary/aromatic N) is 2. The number of pyridine rings is 2. The zero-order valence-electron chi connectivity index (χ0n) is 36.5. The Labute approximate surface area is 383 Å². The molecule has 1 N–H and O–H groups in total. The van der Waals surface area contributed by atoms with Gasteiger partial charge in [-0.1, -0.05) is 158 Å². The van der Waals surface area contributed by atoms with E-state index < -0.39 is 0 Å². The molecule has 0 amide bonds. The van der Waals surface area contributed by atoms with E-state index in [1.807, 2.05) is 18.2 Å². The third-order valence-electron chi connectivity index (χ3n) is 13.4. The fourth-order valence-corrected chi connectivity index (χ4v) is 10.1. The van der Waals surface area contributed by atoms with Crippen LogP contribution in [-0.2, 0) is 11.2 Å². The quantitative estimate of drug-likeness (QED) is 0.116. The van der Waals surface area contributed by atoms with E-state index in [0.29, 0.717) is 12.8 Å². The zero-order chi connectivity index (χ0) is 44.0. The Morgan fingerprint density at radius 1 is 0.470 bits per heavy atom. The summed E-state index contributed by atoms with van der Waals surface area (Å²) in [6.45, 7) is 0.934. The van der Waals surface area contributed by atoms with Crippen LogP contribution in [0.15, 0.2) is 212 Å². The number of nitrogens with one attached hydrogen (secondary N) is 1. The Balaban J connectivity index is 1.06. The minimum Gasteiger partial charge on any atom is -0.388 e. The van der Waals surface area contributed by atoms with Crippen LogP contribution in [0.25, 0.3) is 110 Å². The van der Waals surface area contributed by atoms with Gasteiger partial charge in [-0.2, -0.15) is 0 Å². The Morgan fingerprint density at radius 2 is 1.02 bits per heavy atom. The molecular formula is C62H45N3O. The van der Waals surface area contributed by atoms with Crippen molar-refractivity contribution in [2.45, 2.75) is 25.7 Å². The first-order valence-corrected chi connectivity index (χ1v) is 23.0. The number of aryl methyl sites for hydroxylation is 1. The smallest absolute Gasteiger partial charge is 0.157 e. The third kappa shape index (κ3) is 7.27. The molecule has 3 heterocycles. The summed E-state index contributed by atoms with van der Waals surface area (Å²) in [5, 5.41) is 12.8. The summed E-state index contributed by atoms with van der Waals surface area (Å²) in [7, 11) is 0. The molecule has 4 heteroatoms. The minimum absolute atomic E-state index is 0.160. The van der Waals surface area contributed by atoms with Gasteiger partial charge in [0, 0.05) is 46.6 Å². The van der Waals surface area contributed by atoms with Crippen molar-refractivity contribution in [2.24, 2.45) is 0 Å². The Kier molecular flexibility index (Phi) is 9.98. The van der Waals surface area contributed by atoms with Crippen molar-refractivity contribution in [3.8, 4) is 55.9 Å². The lowest BCUT2D eigenvalue weighted by Gasteiger charge is -2.20. The van der Waals surface area contributed by atoms with Gasteiger partial charge in [0.05, 0.1) is 22.4 Å². The molecule has 0 saturated carbocycles. The van der Waals surface area contributed by atoms with Gasteiger partial charge in [0.2, 0.25) is 0 Å². The lowest BCUT2D eigenvalue weighted by Crippen LogP contribution is -2.07. The molecule has 0 spiro atoms. The first-order chi connectivity index (χ1) is 32.6. The van der Waals surface area contributed by atoms with Crippen molar-refractivity contribution in [3.63, 3.8) is 0 Å². The van der Waals surface area contributed by atoms with Crippen molar-refractivity contribution in [1.29, 1.82) is 0 Å². The molecule has 1 aliphatic heterocycles. The van der Waals surface area contributed by atoms with Gasteiger partial charge in [0.15, 0.2) is 5.78 Å². The Morgan fingerprint density at radius 3 is 1.71 bits per heavy atom. The predicted molar refractivity (Wildman–Crippen MR) is 275 cm³/mol. The van der Waals surface area contributed by atoms with Gasteiger partial charge >= 0.3 is 0 Å². The summed E-state index contributed by atoms with van der Waals surface area (Å²) in [6.07, 6.45) is 4.91. The molecule has 314 valence electrons. The van der Waals surface area contributed by atoms with Crippen LogP contribution in [0.4, 0.5) is 0 Å². The fraction of sp³-hybridized carbons (Fsp3) is 0.0806. The molecule has 2 aromatic heterocycles. The van der Waals surface area contributed by atoms with E-state index in [0.717, 1.165) is 108 Å². The van der Waals surface area contributed by atoms with Crippen LogP contribution in [0.5, 0.6) is 0 Å². The molecule has 1 fully saturated rings. The summed E-state index contributed by atoms with van der Waals surface area (Å²) in [4.78, 5) is 23.6. The summed E-state index contributed by atoms with van der Waals surface area (Å²) < 4.78 is 0. The van der Waals surface area contributed by atoms with E-state index in [-0.39, 0.29) is 5.78 Å². The molecule has 0 atom stereocenters. The van der Waals surface area contributed by atoms with Gasteiger partial charge in [-0.3, -0.25) is 4.79 Å². The number of ketones is 1. The standard InChI is InChI=1S/C62H45N3O/c66-48(39-47-15-11-35-63-47)31-27-40-12-1-4-17-50(40)55-37-46(51-18-6-5-16-49(51)41-23-25-44(26-24-41)60-33-29-42-13-2-9-21-58(42)64-60)38-57-53-20-8-7-19-52(53)54-32-28-45(36-56(54)62(55)57)61-34-30-43-14-3-10-22-59(43)65-61/h1-10,12-14,16-26,28-30,32-34,36-39,63H,11,15,27,31,35H2/b47-39-. The van der Waals surface area contributed by atoms with Crippen LogP contribution >= 0.6 is 0 Å². The van der Waals surface area contributed by atoms with Gasteiger partial charge < -0.3 is 5.32 Å². The predicted octanol–water partition coefficient (Wildman–Crippen LogP) is 15.3. The first-order valence-electron chi connectivity index (χ1n) is 23.0. The molecule has 0 aliphatic carbocycles. The molecule has 12 rings (SSSR count). The molecule has 4 nitrogen and oxygen atoms in total. The Hall–Kier alpha value is -8.21. The van der Waals surface area contributed by atoms with Gasteiger partial charge in [0.1, 0.15) is 0 Å². The summed E-state index contributed by atoms with van der Waals surface area (Å²) in [5.41, 5.74) is 15.1. The van der Waals surface area contributed by atoms with Crippen molar-refractivity contribution in [1.82, 2.24) is 15.3 Å². The molecule has 0 bridgehead atoms. The SMILES string of the molecule is O=C(/C=C1/CCCN1)CCc1ccccc1-c1cc(-c2ccccc2-c2ccc(-c3ccc4ccccc4n3)cc2)cc2c3ccccc3c3ccc(-c4ccc5ccccc5n4)cc3c12. The summed E-state index contributed by atoms with van der Waals surface area (Å²) in [6, 6.07) is 71.9. The van der Waals surface area contributed by atoms with Crippen molar-refractivity contribution in [3.05, 3.63) is 218 Å². The van der Waals surface area contributed by atoms with Crippen LogP contribution in [0.2, 0.25) is 0 Å². The van der Waals surface area contributed by atoms with Crippen LogP contribution in [0.1, 0.15) is 24.8 Å². The molecule has 1 aliphatic rings. The van der Waals surface area contributed by atoms with E-state index in [2.05, 4.69) is 193 Å². The van der Waals surface area contributed by atoms with E-state index >= 15 is 0 Å². The maximum absolute atomic E-state index is 13.4. The number of allylic oxidation sites excluding steroid dienone is 2. The van der Waals surface area contributed by atoms with Crippen LogP contribution in [-0.4, -0.2) is 22.3 Å². The van der Waals surface area contributed by atoms with E-state index in [9.17, 15) is 4.79 Å². The summed E-state index contributed by atoms with van der Waals surface area (Å²) in [5.74, 6) is 0.160. The van der Waals surface area contributed by atoms with Crippen molar-refractivity contribution in [2.75, 3.05) is 6.54 Å². The van der Waals surface area contributed by atoms with E-state index in [1.165, 1.54) is 32.3 Å². The lowest BCUT2D eigenvalue weighted by molar-refractivity contribution is -0.114. The highest BCUT2D eigenvalue weighted by molar-refractivity contribution is 6.29. The topological polar surface area (TPSA) is 54.9 Å². The third-order valence-corrected chi connectivity index (χ3v) is 13.4. The molecular weight excluding hydrogens is 803 g/mol. The number of hydrogen-bond acceptors (Lipinski definition) is 4. The van der Waals surface area contributed by atoms with E-state index in [4.69, 9.17) is 9.97 Å². The highest BCUT2D eigenvalue weighted by Gasteiger charge is 2.20. The highest BCUT2D eigenvalue weighted by Crippen LogP contribution is 2.46. The number of para-hydroxylation sites is 2. The number of aromatic nitrogens is 2. The number of carbonyl (C=O) groups is 1. The minimum atomic E-state index is 0.160. The number of hydrogen-bond donors (Lipinski definition) is 1. The lowest BCUT2D eigenvalue weighted by atomic mass is 9.83. The van der Waals surface area contributed by atoms with E-state index in [1.54, 1.807) is 0 Å². The fourth-order valence-electron chi connectivity index (χ4n) is 10.1. The van der Waals surface area contributed by atoms with Crippen LogP contribution in [0.3, 0.4) is 0 Å². The second kappa shape index (κ2) is 16.7. The largest absolute Gasteiger partial charge is 0.388 e. The molecule has 1 saturated heterocycles. The maximum atomic E-state index is 13.4. The average Bonchev–Trinajstić information content (AvgIpc) is 3.90. The molecule has 66 heavy (non-hydrogen) atoms. The second-order valence-corrected chi connectivity index (χ2v) is 17.5. The van der Waals surface area contributed by atoms with Gasteiger partial charge in [-0.05, 0) is 133 Å². The number of fused-ring (bicyclic) bond motifs is 8. The van der Waals surface area contributed by atoms with Gasteiger partial charge in [-0.25, -0.2) is 9.97 Å². The molecule has 11 aromatic rings. The second-order valence-electron chi connectivity index (χ2n) is 17.5. The van der Waals surface area contributed by atoms with Crippen molar-refractivity contribution >= 4 is 59.9 Å². The van der Waals surface area contributed by atoms with Crippen LogP contribution < -0.4 is 5.32 Å². The highest BCUT2D eigenvalue weighted by atomic mass is 16.1. The molecule has 9 aromatic carbocycles. The first kappa shape index (κ1) is 39.4. The number of benzene rings is 9. The zero-order valence-corrected chi connectivity index (χ0v) is 36.5.